The number of H-pyrrole nitrogens is 2. The SMILES string of the molecule is c1ccc2c(c1)-c1ccccc1C21c2ccccc2C2(c3ccccc3-c3c2ccc2[nH]c4c5ccccc5ccc4c32)c2ccccc21.c1ccc2c(c1)-c1ccccc1C21c2ccccc2C2(c3ccccc3-c3c2ccc2[nH]c4ccc5ccccc5c4c32)c2ccccc21. The van der Waals surface area contributed by atoms with E-state index in [1.54, 1.807) is 0 Å². The molecule has 18 aromatic rings. The highest BCUT2D eigenvalue weighted by Gasteiger charge is 2.61. The Morgan fingerprint density at radius 1 is 0.163 bits per heavy atom. The summed E-state index contributed by atoms with van der Waals surface area (Å²) >= 11 is 0. The summed E-state index contributed by atoms with van der Waals surface area (Å²) in [6, 6.07) is 128. The van der Waals surface area contributed by atoms with E-state index in [1.807, 2.05) is 0 Å². The summed E-state index contributed by atoms with van der Waals surface area (Å²) < 4.78 is 0. The molecule has 2 aromatic heterocycles. The van der Waals surface area contributed by atoms with Gasteiger partial charge in [0.1, 0.15) is 0 Å². The number of rotatable bonds is 0. The molecule has 452 valence electrons. The predicted molar refractivity (Wildman–Crippen MR) is 403 cm³/mol. The predicted octanol–water partition coefficient (Wildman–Crippen LogP) is 23.0. The zero-order valence-corrected chi connectivity index (χ0v) is 53.3. The van der Waals surface area contributed by atoms with E-state index in [9.17, 15) is 0 Å². The number of aromatic amines is 2. The fraction of sp³-hybridized carbons (Fsp3) is 0.0417. The number of aromatic nitrogens is 2. The van der Waals surface area contributed by atoms with E-state index in [-0.39, 0.29) is 0 Å². The van der Waals surface area contributed by atoms with Crippen molar-refractivity contribution in [2.24, 2.45) is 0 Å². The molecule has 4 spiro atoms. The summed E-state index contributed by atoms with van der Waals surface area (Å²) in [6.45, 7) is 0. The van der Waals surface area contributed by atoms with Crippen LogP contribution in [0.15, 0.2) is 340 Å². The maximum Gasteiger partial charge on any atom is 0.0720 e. The molecule has 0 saturated carbocycles. The van der Waals surface area contributed by atoms with Crippen molar-refractivity contribution < 1.29 is 0 Å². The number of fused-ring (bicyclic) bond motifs is 44. The van der Waals surface area contributed by atoms with Crippen molar-refractivity contribution in [2.75, 3.05) is 0 Å². The van der Waals surface area contributed by atoms with Crippen LogP contribution in [0.2, 0.25) is 0 Å². The summed E-state index contributed by atoms with van der Waals surface area (Å²) in [7, 11) is 0. The molecule has 2 nitrogen and oxygen atoms in total. The normalized spacial score (nSPS) is 15.3. The van der Waals surface area contributed by atoms with Gasteiger partial charge in [-0.05, 0) is 168 Å². The van der Waals surface area contributed by atoms with Crippen molar-refractivity contribution in [3.8, 4) is 44.5 Å². The quantitative estimate of drug-likeness (QED) is 0.152. The first-order valence-electron chi connectivity index (χ1n) is 34.6. The second-order valence-electron chi connectivity index (χ2n) is 27.9. The van der Waals surface area contributed by atoms with Crippen LogP contribution in [0.3, 0.4) is 0 Å². The third-order valence-corrected chi connectivity index (χ3v) is 24.2. The van der Waals surface area contributed by atoms with E-state index in [2.05, 4.69) is 350 Å². The van der Waals surface area contributed by atoms with E-state index in [0.717, 1.165) is 0 Å². The molecule has 0 bridgehead atoms. The smallest absolute Gasteiger partial charge is 0.0720 e. The van der Waals surface area contributed by atoms with Crippen LogP contribution in [-0.2, 0) is 21.7 Å². The van der Waals surface area contributed by atoms with Crippen LogP contribution in [0, 0.1) is 0 Å². The first kappa shape index (κ1) is 53.0. The Morgan fingerprint density at radius 3 is 0.857 bits per heavy atom. The number of hydrogen-bond donors (Lipinski definition) is 2. The molecule has 2 N–H and O–H groups in total. The molecule has 0 atom stereocenters. The molecule has 0 radical (unpaired) electrons. The van der Waals surface area contributed by atoms with E-state index in [4.69, 9.17) is 0 Å². The Hall–Kier alpha value is -12.4. The van der Waals surface area contributed by atoms with Crippen LogP contribution < -0.4 is 0 Å². The second kappa shape index (κ2) is 18.8. The Balaban J connectivity index is 0.000000122. The molecule has 2 heterocycles. The van der Waals surface area contributed by atoms with Gasteiger partial charge in [0.15, 0.2) is 0 Å². The van der Waals surface area contributed by atoms with Crippen LogP contribution in [0.1, 0.15) is 89.0 Å². The average molecular weight is 1240 g/mol. The zero-order valence-electron chi connectivity index (χ0n) is 53.3. The van der Waals surface area contributed by atoms with E-state index in [1.165, 1.54) is 199 Å². The Bertz CT molecular complexity index is 6410. The van der Waals surface area contributed by atoms with Crippen molar-refractivity contribution in [3.05, 3.63) is 429 Å². The van der Waals surface area contributed by atoms with Gasteiger partial charge < -0.3 is 9.97 Å². The molecule has 98 heavy (non-hydrogen) atoms. The lowest BCUT2D eigenvalue weighted by molar-refractivity contribution is 0.633. The van der Waals surface area contributed by atoms with Gasteiger partial charge in [-0.1, -0.05) is 322 Å². The third-order valence-electron chi connectivity index (χ3n) is 24.2. The molecule has 0 fully saturated rings. The number of hydrogen-bond acceptors (Lipinski definition) is 0. The fourth-order valence-electron chi connectivity index (χ4n) is 20.9. The molecule has 0 unspecified atom stereocenters. The molecule has 16 aromatic carbocycles. The summed E-state index contributed by atoms with van der Waals surface area (Å²) in [4.78, 5) is 7.69. The summed E-state index contributed by atoms with van der Waals surface area (Å²) in [5.41, 5.74) is 35.5. The van der Waals surface area contributed by atoms with Gasteiger partial charge in [0.05, 0.1) is 27.2 Å². The van der Waals surface area contributed by atoms with Gasteiger partial charge in [-0.25, -0.2) is 0 Å². The highest BCUT2D eigenvalue weighted by molar-refractivity contribution is 6.26. The van der Waals surface area contributed by atoms with Gasteiger partial charge >= 0.3 is 0 Å². The topological polar surface area (TPSA) is 31.6 Å². The van der Waals surface area contributed by atoms with Crippen LogP contribution in [0.5, 0.6) is 0 Å². The molecule has 0 amide bonds. The average Bonchev–Trinajstić information content (AvgIpc) is 1.52. The summed E-state index contributed by atoms with van der Waals surface area (Å²) in [6.07, 6.45) is 0. The van der Waals surface area contributed by atoms with Gasteiger partial charge in [-0.2, -0.15) is 0 Å². The van der Waals surface area contributed by atoms with Gasteiger partial charge in [-0.3, -0.25) is 0 Å². The zero-order chi connectivity index (χ0) is 63.8. The Labute approximate surface area is 566 Å². The van der Waals surface area contributed by atoms with Crippen LogP contribution >= 0.6 is 0 Å². The largest absolute Gasteiger partial charge is 0.354 e. The maximum atomic E-state index is 3.87. The molecule has 6 aliphatic carbocycles. The van der Waals surface area contributed by atoms with Gasteiger partial charge in [0.2, 0.25) is 0 Å². The molecule has 0 saturated heterocycles. The van der Waals surface area contributed by atoms with Crippen molar-refractivity contribution in [3.63, 3.8) is 0 Å². The molecule has 0 aliphatic heterocycles. The lowest BCUT2D eigenvalue weighted by atomic mass is 9.52. The standard InChI is InChI=1S/2C48H29N/c1-2-14-30-29(13-1)25-27-42-45(30)46-43(49-42)28-26-41-44(46)33-17-5-8-20-36(33)48(41)39-23-11-9-21-37(39)47(38-22-10-12-24-40(38)48)34-18-6-3-15-31(34)32-16-4-7-19-35(32)47;1-2-14-30-29(13-1)25-26-34-45-43(49-46(30)34)28-27-42-44(45)33-17-5-8-20-37(33)48(42)40-23-11-9-21-38(40)47(39-22-10-12-24-41(39)48)35-18-6-3-15-31(35)32-16-4-7-19-36(32)47/h2*1-28,49H. The minimum Gasteiger partial charge on any atom is -0.354 e. The minimum absolute atomic E-state index is 0.423. The van der Waals surface area contributed by atoms with Gasteiger partial charge in [0, 0.05) is 43.5 Å². The molecule has 24 rings (SSSR count). The van der Waals surface area contributed by atoms with Crippen molar-refractivity contribution >= 4 is 65.2 Å². The van der Waals surface area contributed by atoms with Crippen LogP contribution in [-0.4, -0.2) is 9.97 Å². The van der Waals surface area contributed by atoms with Crippen LogP contribution in [0.4, 0.5) is 0 Å². The van der Waals surface area contributed by atoms with Crippen LogP contribution in [0.25, 0.3) is 110 Å². The van der Waals surface area contributed by atoms with E-state index < -0.39 is 21.7 Å². The lowest BCUT2D eigenvalue weighted by Gasteiger charge is -2.48. The first-order valence-corrected chi connectivity index (χ1v) is 34.6. The number of benzene rings is 16. The van der Waals surface area contributed by atoms with E-state index >= 15 is 0 Å². The van der Waals surface area contributed by atoms with Crippen molar-refractivity contribution in [2.45, 2.75) is 21.7 Å². The monoisotopic (exact) mass is 1240 g/mol. The number of nitrogens with one attached hydrogen (secondary N) is 2. The van der Waals surface area contributed by atoms with Gasteiger partial charge in [0.25, 0.3) is 0 Å². The Morgan fingerprint density at radius 2 is 0.439 bits per heavy atom. The fourth-order valence-corrected chi connectivity index (χ4v) is 20.9. The summed E-state index contributed by atoms with van der Waals surface area (Å²) in [5, 5.41) is 10.3. The highest BCUT2D eigenvalue weighted by Crippen LogP contribution is 2.71. The Kier molecular flexibility index (Phi) is 10.1. The highest BCUT2D eigenvalue weighted by atomic mass is 14.7. The molecular formula is C96H58N2. The molecular weight excluding hydrogens is 1180 g/mol. The maximum absolute atomic E-state index is 3.87. The van der Waals surface area contributed by atoms with Gasteiger partial charge in [-0.15, -0.1) is 0 Å². The first-order chi connectivity index (χ1) is 48.6. The third kappa shape index (κ3) is 6.04. The second-order valence-corrected chi connectivity index (χ2v) is 27.9. The lowest BCUT2D eigenvalue weighted by Crippen LogP contribution is -2.43. The summed E-state index contributed by atoms with van der Waals surface area (Å²) in [5.74, 6) is 0. The van der Waals surface area contributed by atoms with Crippen molar-refractivity contribution in [1.82, 2.24) is 9.97 Å². The molecule has 2 heteroatoms. The molecule has 6 aliphatic rings. The minimum atomic E-state index is -0.487. The van der Waals surface area contributed by atoms with Crippen molar-refractivity contribution in [1.29, 1.82) is 0 Å². The van der Waals surface area contributed by atoms with E-state index in [0.29, 0.717) is 0 Å².